The van der Waals surface area contributed by atoms with Gasteiger partial charge in [0.25, 0.3) is 17.4 Å². The molecule has 156 valence electrons. The number of hydrogen-bond donors (Lipinski definition) is 2. The van der Waals surface area contributed by atoms with Crippen LogP contribution in [0.3, 0.4) is 0 Å². The summed E-state index contributed by atoms with van der Waals surface area (Å²) in [6.07, 6.45) is 1.31. The maximum Gasteiger partial charge on any atom is 0.276 e. The smallest absolute Gasteiger partial charge is 0.276 e. The summed E-state index contributed by atoms with van der Waals surface area (Å²) in [5.74, 6) is -0.191. The third-order valence-corrected chi connectivity index (χ3v) is 4.22. The van der Waals surface area contributed by atoms with Gasteiger partial charge in [-0.2, -0.15) is 0 Å². The van der Waals surface area contributed by atoms with Crippen molar-refractivity contribution >= 4 is 22.7 Å². The number of fused-ring (bicyclic) bond motifs is 1. The number of ether oxygens (including phenoxy) is 2. The number of benzene rings is 2. The van der Waals surface area contributed by atoms with Gasteiger partial charge in [-0.1, -0.05) is 24.3 Å². The number of para-hydroxylation sites is 3. The van der Waals surface area contributed by atoms with Crippen LogP contribution in [0.25, 0.3) is 10.9 Å². The van der Waals surface area contributed by atoms with Crippen molar-refractivity contribution < 1.29 is 19.1 Å². The van der Waals surface area contributed by atoms with Crippen LogP contribution in [0, 0.1) is 6.92 Å². The van der Waals surface area contributed by atoms with E-state index in [1.807, 2.05) is 19.9 Å². The molecule has 1 aromatic heterocycles. The van der Waals surface area contributed by atoms with E-state index in [0.717, 1.165) is 5.56 Å². The molecule has 9 heteroatoms. The van der Waals surface area contributed by atoms with Gasteiger partial charge in [-0.25, -0.2) is 4.98 Å². The second-order valence-corrected chi connectivity index (χ2v) is 6.41. The molecule has 0 bridgehead atoms. The molecule has 30 heavy (non-hydrogen) atoms. The summed E-state index contributed by atoms with van der Waals surface area (Å²) in [5.41, 5.74) is 5.64. The van der Waals surface area contributed by atoms with Gasteiger partial charge in [0.05, 0.1) is 23.8 Å². The monoisotopic (exact) mass is 410 g/mol. The number of nitrogens with zero attached hydrogens (tertiary/aromatic N) is 2. The molecule has 0 radical (unpaired) electrons. The molecule has 0 saturated heterocycles. The molecular formula is C21H22N4O5. The number of carbonyl (C=O) groups is 2. The predicted molar refractivity (Wildman–Crippen MR) is 110 cm³/mol. The molecule has 3 aromatic rings. The highest BCUT2D eigenvalue weighted by atomic mass is 16.5. The molecule has 9 nitrogen and oxygen atoms in total. The van der Waals surface area contributed by atoms with Crippen LogP contribution in [0.1, 0.15) is 12.5 Å². The van der Waals surface area contributed by atoms with Crippen molar-refractivity contribution in [3.8, 4) is 11.5 Å². The largest absolute Gasteiger partial charge is 0.490 e. The van der Waals surface area contributed by atoms with Crippen LogP contribution in [-0.4, -0.2) is 34.6 Å². The third kappa shape index (κ3) is 4.93. The fourth-order valence-corrected chi connectivity index (χ4v) is 2.81. The van der Waals surface area contributed by atoms with E-state index in [2.05, 4.69) is 15.8 Å². The second kappa shape index (κ2) is 9.55. The van der Waals surface area contributed by atoms with Crippen LogP contribution in [0.15, 0.2) is 53.6 Å². The van der Waals surface area contributed by atoms with Crippen molar-refractivity contribution in [2.45, 2.75) is 20.4 Å². The summed E-state index contributed by atoms with van der Waals surface area (Å²) in [6, 6.07) is 12.2. The van der Waals surface area contributed by atoms with Gasteiger partial charge < -0.3 is 9.47 Å². The average Bonchev–Trinajstić information content (AvgIpc) is 2.74. The summed E-state index contributed by atoms with van der Waals surface area (Å²) in [7, 11) is 0. The van der Waals surface area contributed by atoms with Crippen LogP contribution in [-0.2, 0) is 16.1 Å². The minimum atomic E-state index is -0.575. The molecule has 0 aliphatic rings. The lowest BCUT2D eigenvalue weighted by atomic mass is 10.1. The lowest BCUT2D eigenvalue weighted by Gasteiger charge is -2.12. The maximum atomic E-state index is 12.5. The first-order valence-electron chi connectivity index (χ1n) is 9.36. The van der Waals surface area contributed by atoms with Gasteiger partial charge in [0.15, 0.2) is 18.1 Å². The summed E-state index contributed by atoms with van der Waals surface area (Å²) in [5, 5.41) is 0.427. The van der Waals surface area contributed by atoms with Crippen LogP contribution in [0.5, 0.6) is 11.5 Å². The van der Waals surface area contributed by atoms with Crippen molar-refractivity contribution in [2.24, 2.45) is 0 Å². The number of aryl methyl sites for hydroxylation is 1. The Morgan fingerprint density at radius 3 is 2.43 bits per heavy atom. The number of amides is 2. The van der Waals surface area contributed by atoms with Gasteiger partial charge in [-0.05, 0) is 37.6 Å². The van der Waals surface area contributed by atoms with Gasteiger partial charge in [0, 0.05) is 0 Å². The minimum Gasteiger partial charge on any atom is -0.490 e. The number of aromatic nitrogens is 2. The van der Waals surface area contributed by atoms with E-state index < -0.39 is 11.8 Å². The zero-order valence-electron chi connectivity index (χ0n) is 16.7. The SMILES string of the molecule is CCOc1ccccc1OCC(=O)NNC(=O)Cn1cnc2c(C)cccc2c1=O. The van der Waals surface area contributed by atoms with Crippen molar-refractivity contribution in [1.29, 1.82) is 0 Å². The summed E-state index contributed by atoms with van der Waals surface area (Å²) in [6.45, 7) is 3.56. The summed E-state index contributed by atoms with van der Waals surface area (Å²) >= 11 is 0. The van der Waals surface area contributed by atoms with E-state index >= 15 is 0 Å². The quantitative estimate of drug-likeness (QED) is 0.569. The third-order valence-electron chi connectivity index (χ3n) is 4.22. The Bertz CT molecular complexity index is 1130. The van der Waals surface area contributed by atoms with Gasteiger partial charge in [0.2, 0.25) is 0 Å². The van der Waals surface area contributed by atoms with E-state index in [0.29, 0.717) is 29.0 Å². The van der Waals surface area contributed by atoms with Crippen LogP contribution in [0.2, 0.25) is 0 Å². The van der Waals surface area contributed by atoms with Gasteiger partial charge in [0.1, 0.15) is 6.54 Å². The van der Waals surface area contributed by atoms with E-state index in [-0.39, 0.29) is 18.7 Å². The molecule has 0 spiro atoms. The molecule has 2 aromatic carbocycles. The molecule has 0 saturated carbocycles. The number of hydrazine groups is 1. The van der Waals surface area contributed by atoms with Gasteiger partial charge in [-0.15, -0.1) is 0 Å². The Morgan fingerprint density at radius 2 is 1.70 bits per heavy atom. The zero-order valence-corrected chi connectivity index (χ0v) is 16.7. The fraction of sp³-hybridized carbons (Fsp3) is 0.238. The Hall–Kier alpha value is -3.88. The summed E-state index contributed by atoms with van der Waals surface area (Å²) in [4.78, 5) is 40.8. The average molecular weight is 410 g/mol. The highest BCUT2D eigenvalue weighted by Gasteiger charge is 2.11. The normalized spacial score (nSPS) is 10.5. The van der Waals surface area contributed by atoms with E-state index in [9.17, 15) is 14.4 Å². The van der Waals surface area contributed by atoms with Crippen LogP contribution < -0.4 is 25.9 Å². The number of nitrogens with one attached hydrogen (secondary N) is 2. The maximum absolute atomic E-state index is 12.5. The molecule has 0 aliphatic heterocycles. The van der Waals surface area contributed by atoms with E-state index in [1.54, 1.807) is 36.4 Å². The Balaban J connectivity index is 1.54. The molecule has 0 aliphatic carbocycles. The Labute approximate surface area is 172 Å². The standard InChI is InChI=1S/C21H22N4O5/c1-3-29-16-9-4-5-10-17(16)30-12-19(27)24-23-18(26)11-25-13-22-20-14(2)7-6-8-15(20)21(25)28/h4-10,13H,3,11-12H2,1-2H3,(H,23,26)(H,24,27). The first-order chi connectivity index (χ1) is 14.5. The highest BCUT2D eigenvalue weighted by molar-refractivity contribution is 5.83. The van der Waals surface area contributed by atoms with Crippen molar-refractivity contribution in [3.05, 3.63) is 64.7 Å². The van der Waals surface area contributed by atoms with Crippen molar-refractivity contribution in [1.82, 2.24) is 20.4 Å². The van der Waals surface area contributed by atoms with Crippen molar-refractivity contribution in [3.63, 3.8) is 0 Å². The Morgan fingerprint density at radius 1 is 1.00 bits per heavy atom. The summed E-state index contributed by atoms with van der Waals surface area (Å²) < 4.78 is 12.0. The fourth-order valence-electron chi connectivity index (χ4n) is 2.81. The molecule has 2 N–H and O–H groups in total. The predicted octanol–water partition coefficient (Wildman–Crippen LogP) is 1.33. The number of hydrogen-bond acceptors (Lipinski definition) is 6. The van der Waals surface area contributed by atoms with E-state index in [1.165, 1.54) is 10.9 Å². The van der Waals surface area contributed by atoms with Gasteiger partial charge >= 0.3 is 0 Å². The molecule has 0 unspecified atom stereocenters. The molecule has 3 rings (SSSR count). The number of carbonyl (C=O) groups excluding carboxylic acids is 2. The molecule has 2 amide bonds. The Kier molecular flexibility index (Phi) is 6.63. The molecule has 1 heterocycles. The molecular weight excluding hydrogens is 388 g/mol. The second-order valence-electron chi connectivity index (χ2n) is 6.41. The lowest BCUT2D eigenvalue weighted by Crippen LogP contribution is -2.46. The zero-order chi connectivity index (χ0) is 21.5. The topological polar surface area (TPSA) is 112 Å². The first kappa shape index (κ1) is 20.8. The molecule has 0 atom stereocenters. The minimum absolute atomic E-state index is 0.288. The van der Waals surface area contributed by atoms with E-state index in [4.69, 9.17) is 9.47 Å². The van der Waals surface area contributed by atoms with Crippen LogP contribution in [0.4, 0.5) is 0 Å². The highest BCUT2D eigenvalue weighted by Crippen LogP contribution is 2.26. The van der Waals surface area contributed by atoms with Crippen molar-refractivity contribution in [2.75, 3.05) is 13.2 Å². The van der Waals surface area contributed by atoms with Gasteiger partial charge in [-0.3, -0.25) is 29.8 Å². The number of rotatable bonds is 7. The first-order valence-corrected chi connectivity index (χ1v) is 9.36. The van der Waals surface area contributed by atoms with Crippen LogP contribution >= 0.6 is 0 Å². The lowest BCUT2D eigenvalue weighted by molar-refractivity contribution is -0.130. The molecule has 0 fully saturated rings.